The van der Waals surface area contributed by atoms with E-state index in [0.29, 0.717) is 11.9 Å². The number of likely N-dealkylation sites (N-methyl/N-ethyl adjacent to an activating group) is 1. The van der Waals surface area contributed by atoms with Crippen molar-refractivity contribution >= 4 is 0 Å². The predicted molar refractivity (Wildman–Crippen MR) is 73.6 cm³/mol. The summed E-state index contributed by atoms with van der Waals surface area (Å²) < 4.78 is 5.29. The Morgan fingerprint density at radius 2 is 2.05 bits per heavy atom. The van der Waals surface area contributed by atoms with E-state index in [2.05, 4.69) is 34.3 Å². The Kier molecular flexibility index (Phi) is 5.03. The highest BCUT2D eigenvalue weighted by Crippen LogP contribution is 2.16. The fraction of sp³-hybridized carbons (Fsp3) is 0.500. The van der Waals surface area contributed by atoms with Crippen LogP contribution in [-0.2, 0) is 6.42 Å². The highest BCUT2D eigenvalue weighted by atomic mass is 16.5. The van der Waals surface area contributed by atoms with Crippen molar-refractivity contribution in [3.05, 3.63) is 30.4 Å². The maximum atomic E-state index is 5.29. The highest BCUT2D eigenvalue weighted by Gasteiger charge is 2.13. The Labute approximate surface area is 113 Å². The molecule has 0 radical (unpaired) electrons. The van der Waals surface area contributed by atoms with Gasteiger partial charge in [0.2, 0.25) is 0 Å². The first kappa shape index (κ1) is 13.7. The van der Waals surface area contributed by atoms with Crippen LogP contribution in [0.15, 0.2) is 29.0 Å². The topological polar surface area (TPSA) is 63.8 Å². The molecule has 0 spiro atoms. The molecule has 19 heavy (non-hydrogen) atoms. The van der Waals surface area contributed by atoms with Gasteiger partial charge in [0.1, 0.15) is 0 Å². The summed E-state index contributed by atoms with van der Waals surface area (Å²) in [6, 6.07) is 4.15. The molecule has 0 aliphatic rings. The van der Waals surface area contributed by atoms with E-state index in [1.807, 2.05) is 12.1 Å². The van der Waals surface area contributed by atoms with Crippen LogP contribution in [0.1, 0.15) is 32.5 Å². The molecule has 1 unspecified atom stereocenters. The number of hydrogen-bond acceptors (Lipinski definition) is 5. The molecule has 2 aromatic rings. The number of rotatable bonds is 7. The molecule has 0 bridgehead atoms. The SMILES string of the molecule is CCCC(Cc1noc(-c2ccncc2)n1)NCC. The van der Waals surface area contributed by atoms with Gasteiger partial charge in [-0.1, -0.05) is 25.4 Å². The van der Waals surface area contributed by atoms with Gasteiger partial charge in [-0.05, 0) is 25.1 Å². The molecule has 5 nitrogen and oxygen atoms in total. The summed E-state index contributed by atoms with van der Waals surface area (Å²) in [5.41, 5.74) is 0.907. The van der Waals surface area contributed by atoms with Crippen molar-refractivity contribution in [2.45, 2.75) is 39.2 Å². The van der Waals surface area contributed by atoms with E-state index in [4.69, 9.17) is 4.52 Å². The zero-order valence-electron chi connectivity index (χ0n) is 11.5. The summed E-state index contributed by atoms with van der Waals surface area (Å²) in [4.78, 5) is 8.41. The third-order valence-corrected chi connectivity index (χ3v) is 2.95. The Balaban J connectivity index is 2.04. The first-order chi connectivity index (χ1) is 9.33. The van der Waals surface area contributed by atoms with E-state index in [0.717, 1.165) is 37.2 Å². The number of pyridine rings is 1. The van der Waals surface area contributed by atoms with Crippen molar-refractivity contribution in [2.24, 2.45) is 0 Å². The van der Waals surface area contributed by atoms with Crippen LogP contribution >= 0.6 is 0 Å². The van der Waals surface area contributed by atoms with Gasteiger partial charge in [0.25, 0.3) is 5.89 Å². The summed E-state index contributed by atoms with van der Waals surface area (Å²) in [5, 5.41) is 7.50. The molecule has 0 aliphatic carbocycles. The van der Waals surface area contributed by atoms with Gasteiger partial charge in [-0.2, -0.15) is 4.98 Å². The molecule has 0 fully saturated rings. The van der Waals surface area contributed by atoms with Crippen LogP contribution in [0.3, 0.4) is 0 Å². The van der Waals surface area contributed by atoms with Gasteiger partial charge in [-0.3, -0.25) is 4.98 Å². The van der Waals surface area contributed by atoms with E-state index in [1.165, 1.54) is 0 Å². The highest BCUT2D eigenvalue weighted by molar-refractivity contribution is 5.50. The number of aromatic nitrogens is 3. The molecule has 102 valence electrons. The first-order valence-corrected chi connectivity index (χ1v) is 6.79. The van der Waals surface area contributed by atoms with Crippen molar-refractivity contribution in [2.75, 3.05) is 6.54 Å². The summed E-state index contributed by atoms with van der Waals surface area (Å²) >= 11 is 0. The molecular weight excluding hydrogens is 240 g/mol. The number of nitrogens with zero attached hydrogens (tertiary/aromatic N) is 3. The average Bonchev–Trinajstić information content (AvgIpc) is 2.89. The standard InChI is InChI=1S/C14H20N4O/c1-3-5-12(16-4-2)10-13-17-14(19-18-13)11-6-8-15-9-7-11/h6-9,12,16H,3-5,10H2,1-2H3. The lowest BCUT2D eigenvalue weighted by molar-refractivity contribution is 0.410. The van der Waals surface area contributed by atoms with Crippen molar-refractivity contribution in [3.63, 3.8) is 0 Å². The Bertz CT molecular complexity index is 477. The second-order valence-electron chi connectivity index (χ2n) is 4.50. The maximum absolute atomic E-state index is 5.29. The minimum absolute atomic E-state index is 0.415. The normalized spacial score (nSPS) is 12.5. The molecule has 0 saturated carbocycles. The molecule has 1 N–H and O–H groups in total. The largest absolute Gasteiger partial charge is 0.334 e. The third-order valence-electron chi connectivity index (χ3n) is 2.95. The molecule has 0 amide bonds. The zero-order valence-corrected chi connectivity index (χ0v) is 11.5. The quantitative estimate of drug-likeness (QED) is 0.828. The van der Waals surface area contributed by atoms with Crippen molar-refractivity contribution in [3.8, 4) is 11.5 Å². The predicted octanol–water partition coefficient (Wildman–Crippen LogP) is 2.45. The van der Waals surface area contributed by atoms with E-state index in [9.17, 15) is 0 Å². The van der Waals surface area contributed by atoms with Crippen LogP contribution in [0.5, 0.6) is 0 Å². The molecule has 0 saturated heterocycles. The lowest BCUT2D eigenvalue weighted by atomic mass is 10.1. The molecule has 0 aromatic carbocycles. The van der Waals surface area contributed by atoms with Crippen molar-refractivity contribution < 1.29 is 4.52 Å². The van der Waals surface area contributed by atoms with Gasteiger partial charge >= 0.3 is 0 Å². The molecule has 1 atom stereocenters. The molecule has 2 heterocycles. The summed E-state index contributed by atoms with van der Waals surface area (Å²) in [7, 11) is 0. The van der Waals surface area contributed by atoms with Gasteiger partial charge in [-0.25, -0.2) is 0 Å². The van der Waals surface area contributed by atoms with Gasteiger partial charge in [0.15, 0.2) is 5.82 Å². The fourth-order valence-corrected chi connectivity index (χ4v) is 2.08. The minimum Gasteiger partial charge on any atom is -0.334 e. The van der Waals surface area contributed by atoms with Crippen LogP contribution in [0.4, 0.5) is 0 Å². The lowest BCUT2D eigenvalue weighted by Gasteiger charge is -2.14. The smallest absolute Gasteiger partial charge is 0.258 e. The Morgan fingerprint density at radius 3 is 2.74 bits per heavy atom. The summed E-state index contributed by atoms with van der Waals surface area (Å²) in [6.45, 7) is 5.25. The molecule has 2 aromatic heterocycles. The summed E-state index contributed by atoms with van der Waals surface area (Å²) in [6.07, 6.45) is 6.51. The summed E-state index contributed by atoms with van der Waals surface area (Å²) in [5.74, 6) is 1.32. The van der Waals surface area contributed by atoms with Gasteiger partial charge in [0, 0.05) is 30.4 Å². The first-order valence-electron chi connectivity index (χ1n) is 6.79. The Hall–Kier alpha value is -1.75. The van der Waals surface area contributed by atoms with Crippen LogP contribution < -0.4 is 5.32 Å². The number of hydrogen-bond donors (Lipinski definition) is 1. The average molecular weight is 260 g/mol. The number of nitrogens with one attached hydrogen (secondary N) is 1. The van der Waals surface area contributed by atoms with E-state index >= 15 is 0 Å². The van der Waals surface area contributed by atoms with Crippen molar-refractivity contribution in [1.82, 2.24) is 20.4 Å². The van der Waals surface area contributed by atoms with Gasteiger partial charge < -0.3 is 9.84 Å². The van der Waals surface area contributed by atoms with Crippen molar-refractivity contribution in [1.29, 1.82) is 0 Å². The second kappa shape index (κ2) is 6.99. The van der Waals surface area contributed by atoms with Gasteiger partial charge in [0.05, 0.1) is 0 Å². The molecule has 0 aliphatic heterocycles. The molecule has 5 heteroatoms. The van der Waals surface area contributed by atoms with E-state index < -0.39 is 0 Å². The fourth-order valence-electron chi connectivity index (χ4n) is 2.08. The molecule has 2 rings (SSSR count). The zero-order chi connectivity index (χ0) is 13.5. The van der Waals surface area contributed by atoms with Crippen LogP contribution in [-0.4, -0.2) is 27.7 Å². The third kappa shape index (κ3) is 3.86. The van der Waals surface area contributed by atoms with E-state index in [1.54, 1.807) is 12.4 Å². The second-order valence-corrected chi connectivity index (χ2v) is 4.50. The lowest BCUT2D eigenvalue weighted by Crippen LogP contribution is -2.31. The maximum Gasteiger partial charge on any atom is 0.258 e. The minimum atomic E-state index is 0.415. The van der Waals surface area contributed by atoms with Crippen LogP contribution in [0, 0.1) is 0 Å². The van der Waals surface area contributed by atoms with Crippen LogP contribution in [0.25, 0.3) is 11.5 Å². The molecular formula is C14H20N4O. The van der Waals surface area contributed by atoms with E-state index in [-0.39, 0.29) is 0 Å². The van der Waals surface area contributed by atoms with Crippen LogP contribution in [0.2, 0.25) is 0 Å². The Morgan fingerprint density at radius 1 is 1.26 bits per heavy atom. The van der Waals surface area contributed by atoms with Gasteiger partial charge in [-0.15, -0.1) is 0 Å². The monoisotopic (exact) mass is 260 g/mol.